The number of rotatable bonds is 1. The van der Waals surface area contributed by atoms with Crippen molar-refractivity contribution in [3.8, 4) is 11.1 Å². The van der Waals surface area contributed by atoms with Crippen LogP contribution in [-0.4, -0.2) is 21.2 Å². The van der Waals surface area contributed by atoms with Gasteiger partial charge in [-0.15, -0.1) is 0 Å². The molecule has 0 unspecified atom stereocenters. The molecule has 4 nitrogen and oxygen atoms in total. The first kappa shape index (κ1) is 15.2. The molecular formula is C18H17FN2O2. The van der Waals surface area contributed by atoms with Gasteiger partial charge >= 0.3 is 6.09 Å². The van der Waals surface area contributed by atoms with Gasteiger partial charge in [0.1, 0.15) is 11.4 Å². The summed E-state index contributed by atoms with van der Waals surface area (Å²) in [6.45, 7) is 5.44. The Morgan fingerprint density at radius 1 is 1.22 bits per heavy atom. The van der Waals surface area contributed by atoms with Crippen LogP contribution in [0.25, 0.3) is 22.0 Å². The van der Waals surface area contributed by atoms with E-state index in [4.69, 9.17) is 4.74 Å². The zero-order valence-electron chi connectivity index (χ0n) is 13.2. The Balaban J connectivity index is 2.09. The number of pyridine rings is 1. The maximum atomic E-state index is 13.5. The molecule has 0 spiro atoms. The first-order valence-electron chi connectivity index (χ1n) is 7.29. The fourth-order valence-corrected chi connectivity index (χ4v) is 2.41. The number of carbonyl (C=O) groups is 1. The number of benzene rings is 1. The van der Waals surface area contributed by atoms with Crippen molar-refractivity contribution < 1.29 is 13.9 Å². The smallest absolute Gasteiger partial charge is 0.419 e. The third-order valence-electron chi connectivity index (χ3n) is 3.34. The second-order valence-electron chi connectivity index (χ2n) is 6.30. The predicted octanol–water partition coefficient (Wildman–Crippen LogP) is 4.63. The summed E-state index contributed by atoms with van der Waals surface area (Å²) in [5.74, 6) is -0.314. The molecule has 3 rings (SSSR count). The molecule has 0 aliphatic heterocycles. The van der Waals surface area contributed by atoms with Gasteiger partial charge in [-0.1, -0.05) is 12.1 Å². The van der Waals surface area contributed by atoms with Gasteiger partial charge in [-0.3, -0.25) is 9.55 Å². The predicted molar refractivity (Wildman–Crippen MR) is 86.8 cm³/mol. The lowest BCUT2D eigenvalue weighted by Gasteiger charge is -2.19. The van der Waals surface area contributed by atoms with Crippen LogP contribution in [0, 0.1) is 5.82 Å². The first-order valence-corrected chi connectivity index (χ1v) is 7.29. The monoisotopic (exact) mass is 312 g/mol. The molecule has 3 aromatic rings. The molecule has 0 radical (unpaired) electrons. The van der Waals surface area contributed by atoms with Crippen LogP contribution in [-0.2, 0) is 4.74 Å². The van der Waals surface area contributed by atoms with E-state index >= 15 is 0 Å². The number of fused-ring (bicyclic) bond motifs is 1. The van der Waals surface area contributed by atoms with E-state index < -0.39 is 11.7 Å². The van der Waals surface area contributed by atoms with Crippen molar-refractivity contribution in [2.45, 2.75) is 26.4 Å². The Morgan fingerprint density at radius 3 is 2.70 bits per heavy atom. The Labute approximate surface area is 133 Å². The van der Waals surface area contributed by atoms with Gasteiger partial charge in [0.15, 0.2) is 0 Å². The molecule has 118 valence electrons. The largest absolute Gasteiger partial charge is 0.443 e. The van der Waals surface area contributed by atoms with Crippen LogP contribution in [0.4, 0.5) is 9.18 Å². The molecule has 0 aliphatic carbocycles. The highest BCUT2D eigenvalue weighted by Crippen LogP contribution is 2.29. The molecule has 0 saturated heterocycles. The maximum absolute atomic E-state index is 13.5. The molecule has 2 aromatic heterocycles. The zero-order valence-corrected chi connectivity index (χ0v) is 13.2. The summed E-state index contributed by atoms with van der Waals surface area (Å²) in [6.07, 6.45) is 4.44. The Kier molecular flexibility index (Phi) is 3.64. The van der Waals surface area contributed by atoms with Crippen LogP contribution in [0.15, 0.2) is 48.9 Å². The van der Waals surface area contributed by atoms with Crippen LogP contribution in [0.3, 0.4) is 0 Å². The third kappa shape index (κ3) is 3.08. The lowest BCUT2D eigenvalue weighted by molar-refractivity contribution is 0.0544. The molecule has 0 atom stereocenters. The number of ether oxygens (including phenoxy) is 1. The minimum absolute atomic E-state index is 0.314. The molecule has 0 N–H and O–H groups in total. The van der Waals surface area contributed by atoms with Gasteiger partial charge in [-0.2, -0.15) is 0 Å². The average Bonchev–Trinajstić information content (AvgIpc) is 2.89. The number of aromatic nitrogens is 2. The van der Waals surface area contributed by atoms with E-state index in [1.807, 2.05) is 26.8 Å². The summed E-state index contributed by atoms with van der Waals surface area (Å²) in [5.41, 5.74) is 1.52. The van der Waals surface area contributed by atoms with E-state index in [-0.39, 0.29) is 5.82 Å². The molecule has 0 saturated carbocycles. The van der Waals surface area contributed by atoms with E-state index in [1.165, 1.54) is 16.7 Å². The summed E-state index contributed by atoms with van der Waals surface area (Å²) in [4.78, 5) is 16.5. The highest BCUT2D eigenvalue weighted by molar-refractivity contribution is 5.98. The highest BCUT2D eigenvalue weighted by atomic mass is 19.1. The lowest BCUT2D eigenvalue weighted by Crippen LogP contribution is -2.26. The van der Waals surface area contributed by atoms with Crippen molar-refractivity contribution in [3.05, 3.63) is 54.7 Å². The minimum Gasteiger partial charge on any atom is -0.443 e. The topological polar surface area (TPSA) is 44.1 Å². The summed E-state index contributed by atoms with van der Waals surface area (Å²) in [6, 6.07) is 8.10. The average molecular weight is 312 g/mol. The SMILES string of the molecule is CC(C)(C)OC(=O)n1ccc2c(-c3cccc(F)c3)cncc21. The van der Waals surface area contributed by atoms with Gasteiger partial charge < -0.3 is 4.74 Å². The summed E-state index contributed by atoms with van der Waals surface area (Å²) >= 11 is 0. The zero-order chi connectivity index (χ0) is 16.6. The maximum Gasteiger partial charge on any atom is 0.419 e. The highest BCUT2D eigenvalue weighted by Gasteiger charge is 2.20. The number of hydrogen-bond donors (Lipinski definition) is 0. The van der Waals surface area contributed by atoms with Gasteiger partial charge in [-0.05, 0) is 44.5 Å². The van der Waals surface area contributed by atoms with Crippen molar-refractivity contribution in [2.75, 3.05) is 0 Å². The fraction of sp³-hybridized carbons (Fsp3) is 0.222. The van der Waals surface area contributed by atoms with Crippen molar-refractivity contribution in [2.24, 2.45) is 0 Å². The van der Waals surface area contributed by atoms with Gasteiger partial charge in [0, 0.05) is 23.3 Å². The molecule has 0 bridgehead atoms. The van der Waals surface area contributed by atoms with Crippen LogP contribution in [0.2, 0.25) is 0 Å². The number of carbonyl (C=O) groups excluding carboxylic acids is 1. The van der Waals surface area contributed by atoms with Crippen molar-refractivity contribution >= 4 is 17.0 Å². The fourth-order valence-electron chi connectivity index (χ4n) is 2.41. The summed E-state index contributed by atoms with van der Waals surface area (Å²) < 4.78 is 20.3. The van der Waals surface area contributed by atoms with Crippen LogP contribution in [0.1, 0.15) is 20.8 Å². The molecule has 5 heteroatoms. The molecule has 2 heterocycles. The van der Waals surface area contributed by atoms with E-state index in [9.17, 15) is 9.18 Å². The second-order valence-corrected chi connectivity index (χ2v) is 6.30. The molecular weight excluding hydrogens is 295 g/mol. The van der Waals surface area contributed by atoms with Crippen molar-refractivity contribution in [1.29, 1.82) is 0 Å². The number of hydrogen-bond acceptors (Lipinski definition) is 3. The number of halogens is 1. The molecule has 0 aliphatic rings. The minimum atomic E-state index is -0.582. The Bertz CT molecular complexity index is 878. The van der Waals surface area contributed by atoms with E-state index in [2.05, 4.69) is 4.98 Å². The first-order chi connectivity index (χ1) is 10.8. The van der Waals surface area contributed by atoms with Gasteiger partial charge in [-0.25, -0.2) is 9.18 Å². The summed E-state index contributed by atoms with van der Waals surface area (Å²) in [7, 11) is 0. The molecule has 23 heavy (non-hydrogen) atoms. The lowest BCUT2D eigenvalue weighted by atomic mass is 10.0. The quantitative estimate of drug-likeness (QED) is 0.658. The van der Waals surface area contributed by atoms with Gasteiger partial charge in [0.25, 0.3) is 0 Å². The second kappa shape index (κ2) is 5.50. The van der Waals surface area contributed by atoms with Gasteiger partial charge in [0.05, 0.1) is 11.7 Å². The Hall–Kier alpha value is -2.69. The standard InChI is InChI=1S/C18H17FN2O2/c1-18(2,3)23-17(22)21-8-7-14-15(10-20-11-16(14)21)12-5-4-6-13(19)9-12/h4-11H,1-3H3. The third-order valence-corrected chi connectivity index (χ3v) is 3.34. The van der Waals surface area contributed by atoms with E-state index in [1.54, 1.807) is 30.7 Å². The number of nitrogens with zero attached hydrogens (tertiary/aromatic N) is 2. The van der Waals surface area contributed by atoms with Crippen molar-refractivity contribution in [1.82, 2.24) is 9.55 Å². The Morgan fingerprint density at radius 2 is 2.00 bits per heavy atom. The van der Waals surface area contributed by atoms with Crippen LogP contribution in [0.5, 0.6) is 0 Å². The van der Waals surface area contributed by atoms with Crippen molar-refractivity contribution in [3.63, 3.8) is 0 Å². The summed E-state index contributed by atoms with van der Waals surface area (Å²) in [5, 5.41) is 0.816. The normalized spacial score (nSPS) is 11.7. The molecule has 1 aromatic carbocycles. The van der Waals surface area contributed by atoms with E-state index in [0.717, 1.165) is 10.9 Å². The molecule has 0 amide bonds. The van der Waals surface area contributed by atoms with Crippen LogP contribution < -0.4 is 0 Å². The van der Waals surface area contributed by atoms with Crippen LogP contribution >= 0.6 is 0 Å². The van der Waals surface area contributed by atoms with E-state index in [0.29, 0.717) is 11.1 Å². The van der Waals surface area contributed by atoms with Gasteiger partial charge in [0.2, 0.25) is 0 Å². The molecule has 0 fully saturated rings.